The Morgan fingerprint density at radius 2 is 0.469 bits per heavy atom. The first-order valence-corrected chi connectivity index (χ1v) is 7.28. The molecular formula is C12F20. The zero-order valence-corrected chi connectivity index (χ0v) is 13.6. The SMILES string of the molecule is FC(F)(F)C12C(F)(F)C3(F)C(F)(F)C(F)(C1(F)F)C(F)(F)C(C(F)(F)F)(C3(F)F)C2(F)F. The van der Waals surface area contributed by atoms with Gasteiger partial charge in [0.05, 0.1) is 0 Å². The molecule has 0 aliphatic heterocycles. The van der Waals surface area contributed by atoms with E-state index < -0.39 is 70.1 Å². The van der Waals surface area contributed by atoms with Gasteiger partial charge in [-0.3, -0.25) is 0 Å². The molecule has 0 N–H and O–H groups in total. The van der Waals surface area contributed by atoms with Crippen LogP contribution >= 0.6 is 0 Å². The summed E-state index contributed by atoms with van der Waals surface area (Å²) >= 11 is 0. The molecule has 0 radical (unpaired) electrons. The van der Waals surface area contributed by atoms with Gasteiger partial charge in [-0.15, -0.1) is 0 Å². The molecule has 0 amide bonds. The van der Waals surface area contributed by atoms with Gasteiger partial charge < -0.3 is 0 Å². The second-order valence-corrected chi connectivity index (χ2v) is 7.26. The Morgan fingerprint density at radius 3 is 0.625 bits per heavy atom. The normalized spacial score (nSPS) is 46.9. The molecule has 4 saturated carbocycles. The van der Waals surface area contributed by atoms with Gasteiger partial charge in [0.2, 0.25) is 0 Å². The maximum Gasteiger partial charge on any atom is 0.412 e. The molecule has 4 aliphatic carbocycles. The third-order valence-corrected chi connectivity index (χ3v) is 6.27. The third-order valence-electron chi connectivity index (χ3n) is 6.27. The van der Waals surface area contributed by atoms with Crippen LogP contribution < -0.4 is 0 Å². The quantitative estimate of drug-likeness (QED) is 0.324. The number of alkyl halides is 20. The molecule has 4 aliphatic rings. The predicted molar refractivity (Wildman–Crippen MR) is 54.3 cm³/mol. The first-order chi connectivity index (χ1) is 13.5. The topological polar surface area (TPSA) is 0 Å². The molecule has 4 bridgehead atoms. The Hall–Kier alpha value is -1.40. The molecule has 0 heterocycles. The van der Waals surface area contributed by atoms with Crippen LogP contribution in [0.2, 0.25) is 0 Å². The van der Waals surface area contributed by atoms with Crippen molar-refractivity contribution in [3.05, 3.63) is 0 Å². The molecular weight excluding hydrogens is 524 g/mol. The lowest BCUT2D eigenvalue weighted by Gasteiger charge is -2.76. The van der Waals surface area contributed by atoms with Gasteiger partial charge in [0, 0.05) is 0 Å². The average Bonchev–Trinajstić information content (AvgIpc) is 2.44. The molecule has 0 unspecified atom stereocenters. The Kier molecular flexibility index (Phi) is 3.83. The van der Waals surface area contributed by atoms with E-state index in [4.69, 9.17) is 0 Å². The predicted octanol–water partition coefficient (Wildman–Crippen LogP) is 6.35. The molecule has 20 heteroatoms. The van der Waals surface area contributed by atoms with E-state index in [0.717, 1.165) is 0 Å². The van der Waals surface area contributed by atoms with Crippen molar-refractivity contribution in [1.82, 2.24) is 0 Å². The second kappa shape index (κ2) is 4.86. The van der Waals surface area contributed by atoms with Crippen LogP contribution in [0, 0.1) is 10.8 Å². The summed E-state index contributed by atoms with van der Waals surface area (Å²) in [6.07, 6.45) is -17.1. The van der Waals surface area contributed by atoms with Gasteiger partial charge in [0.1, 0.15) is 0 Å². The summed E-state index contributed by atoms with van der Waals surface area (Å²) in [4.78, 5) is 0. The van der Waals surface area contributed by atoms with E-state index >= 15 is 0 Å². The summed E-state index contributed by atoms with van der Waals surface area (Å²) in [5, 5.41) is 0. The largest absolute Gasteiger partial charge is 0.412 e. The first kappa shape index (κ1) is 25.2. The summed E-state index contributed by atoms with van der Waals surface area (Å²) in [6.45, 7) is 0. The van der Waals surface area contributed by atoms with Gasteiger partial charge in [-0.25, -0.2) is 52.7 Å². The molecule has 0 saturated heterocycles. The van der Waals surface area contributed by atoms with Crippen molar-refractivity contribution in [2.24, 2.45) is 10.8 Å². The number of hydrogen-bond donors (Lipinski definition) is 0. The Labute approximate surface area is 159 Å². The minimum absolute atomic E-state index is 8.50. The molecule has 0 spiro atoms. The highest BCUT2D eigenvalue weighted by Crippen LogP contribution is 2.95. The molecule has 32 heavy (non-hydrogen) atoms. The molecule has 0 nitrogen and oxygen atoms in total. The van der Waals surface area contributed by atoms with E-state index in [9.17, 15) is 87.8 Å². The molecule has 4 rings (SSSR count). The van der Waals surface area contributed by atoms with Gasteiger partial charge in [0.15, 0.2) is 0 Å². The van der Waals surface area contributed by atoms with Crippen LogP contribution in [-0.2, 0) is 0 Å². The summed E-state index contributed by atoms with van der Waals surface area (Å²) in [5.74, 6) is -52.3. The Bertz CT molecular complexity index is 768. The zero-order valence-electron chi connectivity index (χ0n) is 13.6. The summed E-state index contributed by atoms with van der Waals surface area (Å²) in [7, 11) is 0. The summed E-state index contributed by atoms with van der Waals surface area (Å²) in [6, 6.07) is 0. The van der Waals surface area contributed by atoms with Crippen LogP contribution in [0.3, 0.4) is 0 Å². The smallest absolute Gasteiger partial charge is 0.223 e. The Balaban J connectivity index is 2.89. The number of hydrogen-bond acceptors (Lipinski definition) is 0. The highest BCUT2D eigenvalue weighted by atomic mass is 19.4. The summed E-state index contributed by atoms with van der Waals surface area (Å²) < 4.78 is 279. The van der Waals surface area contributed by atoms with Crippen molar-refractivity contribution in [2.45, 2.75) is 59.2 Å². The molecule has 188 valence electrons. The molecule has 0 aromatic heterocycles. The minimum Gasteiger partial charge on any atom is -0.223 e. The maximum atomic E-state index is 14.6. The van der Waals surface area contributed by atoms with Crippen LogP contribution in [0.1, 0.15) is 0 Å². The monoisotopic (exact) mass is 524 g/mol. The van der Waals surface area contributed by atoms with Crippen LogP contribution in [0.25, 0.3) is 0 Å². The fraction of sp³-hybridized carbons (Fsp3) is 1.00. The fourth-order valence-electron chi connectivity index (χ4n) is 4.99. The highest BCUT2D eigenvalue weighted by Gasteiger charge is 3.26. The van der Waals surface area contributed by atoms with Crippen molar-refractivity contribution >= 4 is 0 Å². The van der Waals surface area contributed by atoms with E-state index in [1.54, 1.807) is 0 Å². The van der Waals surface area contributed by atoms with Gasteiger partial charge >= 0.3 is 59.2 Å². The van der Waals surface area contributed by atoms with E-state index in [-0.39, 0.29) is 0 Å². The molecule has 4 fully saturated rings. The molecule has 0 aromatic carbocycles. The van der Waals surface area contributed by atoms with Crippen molar-refractivity contribution in [3.8, 4) is 0 Å². The Morgan fingerprint density at radius 1 is 0.281 bits per heavy atom. The van der Waals surface area contributed by atoms with Gasteiger partial charge in [-0.2, -0.15) is 35.1 Å². The van der Waals surface area contributed by atoms with E-state index in [1.165, 1.54) is 0 Å². The average molecular weight is 524 g/mol. The van der Waals surface area contributed by atoms with Crippen LogP contribution in [0.4, 0.5) is 87.8 Å². The maximum absolute atomic E-state index is 14.6. The highest BCUT2D eigenvalue weighted by molar-refractivity contribution is 5.53. The molecule has 0 atom stereocenters. The number of halogens is 20. The van der Waals surface area contributed by atoms with E-state index in [2.05, 4.69) is 0 Å². The number of rotatable bonds is 0. The van der Waals surface area contributed by atoms with E-state index in [1.807, 2.05) is 0 Å². The lowest BCUT2D eigenvalue weighted by atomic mass is 9.32. The molecule has 0 aromatic rings. The van der Waals surface area contributed by atoms with Crippen molar-refractivity contribution < 1.29 is 87.8 Å². The fourth-order valence-corrected chi connectivity index (χ4v) is 4.99. The van der Waals surface area contributed by atoms with Gasteiger partial charge in [0.25, 0.3) is 10.8 Å². The van der Waals surface area contributed by atoms with Crippen molar-refractivity contribution in [3.63, 3.8) is 0 Å². The van der Waals surface area contributed by atoms with Crippen LogP contribution in [-0.4, -0.2) is 59.2 Å². The van der Waals surface area contributed by atoms with Crippen molar-refractivity contribution in [1.29, 1.82) is 0 Å². The van der Waals surface area contributed by atoms with Gasteiger partial charge in [-0.05, 0) is 0 Å². The van der Waals surface area contributed by atoms with Gasteiger partial charge in [-0.1, -0.05) is 0 Å². The standard InChI is InChI=1S/C12F20/c13-3-6(17,18)1(11(27,28)29)5(15,16)2(8(3,21)22,12(30,31)32)9(23,24)4(14,7(1,19)20)10(3,25)26. The lowest BCUT2D eigenvalue weighted by molar-refractivity contribution is -0.658. The van der Waals surface area contributed by atoms with E-state index in [0.29, 0.717) is 0 Å². The first-order valence-electron chi connectivity index (χ1n) is 7.28. The van der Waals surface area contributed by atoms with Crippen LogP contribution in [0.15, 0.2) is 0 Å². The third kappa shape index (κ3) is 1.40. The lowest BCUT2D eigenvalue weighted by Crippen LogP contribution is -3.09. The second-order valence-electron chi connectivity index (χ2n) is 7.26. The summed E-state index contributed by atoms with van der Waals surface area (Å²) in [5.41, 5.74) is -34.7. The zero-order chi connectivity index (χ0) is 26.0. The minimum atomic E-state index is -8.95. The van der Waals surface area contributed by atoms with Crippen molar-refractivity contribution in [2.75, 3.05) is 0 Å². The van der Waals surface area contributed by atoms with Crippen LogP contribution in [0.5, 0.6) is 0 Å².